The predicted octanol–water partition coefficient (Wildman–Crippen LogP) is 3.04. The Morgan fingerprint density at radius 1 is 1.19 bits per heavy atom. The maximum atomic E-state index is 10.4. The van der Waals surface area contributed by atoms with Crippen LogP contribution in [0.1, 0.15) is 37.4 Å². The Bertz CT molecular complexity index is 462. The minimum absolute atomic E-state index is 0.369. The summed E-state index contributed by atoms with van der Waals surface area (Å²) in [5, 5.41) is 10.4. The van der Waals surface area contributed by atoms with Crippen molar-refractivity contribution in [1.29, 1.82) is 0 Å². The average molecular weight is 353 g/mol. The molecular formula is C17H25BrN2O. The lowest BCUT2D eigenvalue weighted by molar-refractivity contribution is 0.145. The highest BCUT2D eigenvalue weighted by atomic mass is 79.9. The third-order valence-corrected chi connectivity index (χ3v) is 5.61. The van der Waals surface area contributed by atoms with Gasteiger partial charge in [-0.15, -0.1) is 0 Å². The number of aliphatic hydroxyl groups excluding tert-OH is 1. The predicted molar refractivity (Wildman–Crippen MR) is 89.4 cm³/mol. The maximum absolute atomic E-state index is 10.4. The molecular weight excluding hydrogens is 328 g/mol. The summed E-state index contributed by atoms with van der Waals surface area (Å²) in [6.07, 6.45) is 4.49. The van der Waals surface area contributed by atoms with Crippen LogP contribution in [0.4, 0.5) is 0 Å². The molecule has 21 heavy (non-hydrogen) atoms. The molecule has 0 bridgehead atoms. The normalized spacial score (nSPS) is 25.5. The van der Waals surface area contributed by atoms with E-state index in [1.807, 2.05) is 24.3 Å². The number of benzene rings is 1. The third-order valence-electron chi connectivity index (χ3n) is 4.89. The van der Waals surface area contributed by atoms with Gasteiger partial charge in [-0.3, -0.25) is 4.90 Å². The second-order valence-electron chi connectivity index (χ2n) is 6.31. The van der Waals surface area contributed by atoms with Crippen LogP contribution in [0.3, 0.4) is 0 Å². The summed E-state index contributed by atoms with van der Waals surface area (Å²) < 4.78 is 1.01. The Labute approximate surface area is 136 Å². The topological polar surface area (TPSA) is 26.7 Å². The molecule has 3 nitrogen and oxygen atoms in total. The minimum atomic E-state index is -0.369. The fraction of sp³-hybridized carbons (Fsp3) is 0.647. The molecule has 2 aliphatic rings. The van der Waals surface area contributed by atoms with Crippen molar-refractivity contribution < 1.29 is 5.11 Å². The van der Waals surface area contributed by atoms with E-state index >= 15 is 0 Å². The van der Waals surface area contributed by atoms with Crippen molar-refractivity contribution in [1.82, 2.24) is 9.80 Å². The lowest BCUT2D eigenvalue weighted by Gasteiger charge is -2.24. The van der Waals surface area contributed by atoms with Crippen LogP contribution in [0, 0.1) is 0 Å². The fourth-order valence-electron chi connectivity index (χ4n) is 3.63. The van der Waals surface area contributed by atoms with Crippen LogP contribution in [-0.4, -0.2) is 53.7 Å². The summed E-state index contributed by atoms with van der Waals surface area (Å²) in [5.41, 5.74) is 1.01. The van der Waals surface area contributed by atoms with E-state index in [0.29, 0.717) is 0 Å². The van der Waals surface area contributed by atoms with Crippen molar-refractivity contribution in [3.8, 4) is 0 Å². The summed E-state index contributed by atoms with van der Waals surface area (Å²) in [6.45, 7) is 5.94. The summed E-state index contributed by atoms with van der Waals surface area (Å²) in [7, 11) is 0. The summed E-state index contributed by atoms with van der Waals surface area (Å²) in [4.78, 5) is 5.17. The molecule has 116 valence electrons. The second kappa shape index (κ2) is 7.23. The molecule has 1 aromatic carbocycles. The molecule has 0 aromatic heterocycles. The monoisotopic (exact) mass is 352 g/mol. The van der Waals surface area contributed by atoms with Gasteiger partial charge in [-0.25, -0.2) is 0 Å². The van der Waals surface area contributed by atoms with Crippen LogP contribution in [-0.2, 0) is 0 Å². The molecule has 0 saturated carbocycles. The Balaban J connectivity index is 1.46. The van der Waals surface area contributed by atoms with E-state index in [9.17, 15) is 5.11 Å². The molecule has 1 N–H and O–H groups in total. The Morgan fingerprint density at radius 2 is 1.95 bits per heavy atom. The Hall–Kier alpha value is -0.420. The van der Waals surface area contributed by atoms with Gasteiger partial charge in [0.1, 0.15) is 0 Å². The molecule has 2 heterocycles. The number of halogens is 1. The lowest BCUT2D eigenvalue weighted by Crippen LogP contribution is -2.35. The molecule has 3 rings (SSSR count). The molecule has 0 radical (unpaired) electrons. The largest absolute Gasteiger partial charge is 0.388 e. The van der Waals surface area contributed by atoms with E-state index in [-0.39, 0.29) is 6.10 Å². The van der Waals surface area contributed by atoms with Gasteiger partial charge in [0, 0.05) is 23.6 Å². The van der Waals surface area contributed by atoms with Crippen molar-refractivity contribution in [2.24, 2.45) is 0 Å². The van der Waals surface area contributed by atoms with Crippen LogP contribution in [0.5, 0.6) is 0 Å². The second-order valence-corrected chi connectivity index (χ2v) is 7.17. The van der Waals surface area contributed by atoms with Crippen LogP contribution in [0.15, 0.2) is 28.7 Å². The van der Waals surface area contributed by atoms with Crippen molar-refractivity contribution >= 4 is 15.9 Å². The number of aliphatic hydroxyl groups is 1. The zero-order valence-corrected chi connectivity index (χ0v) is 14.1. The van der Waals surface area contributed by atoms with E-state index in [2.05, 4.69) is 25.7 Å². The average Bonchev–Trinajstić information content (AvgIpc) is 3.16. The number of rotatable bonds is 5. The van der Waals surface area contributed by atoms with E-state index in [1.165, 1.54) is 45.4 Å². The highest BCUT2D eigenvalue weighted by Gasteiger charge is 2.29. The van der Waals surface area contributed by atoms with Gasteiger partial charge in [0.05, 0.1) is 6.10 Å². The first-order valence-corrected chi connectivity index (χ1v) is 8.92. The highest BCUT2D eigenvalue weighted by Crippen LogP contribution is 2.26. The standard InChI is InChI=1S/C17H25BrN2O/c18-16-6-2-1-5-15(16)17(21)8-12-19-11-7-14(13-19)20-9-3-4-10-20/h1-2,5-6,14,17,21H,3-4,7-13H2. The van der Waals surface area contributed by atoms with Crippen molar-refractivity contribution in [3.63, 3.8) is 0 Å². The van der Waals surface area contributed by atoms with Gasteiger partial charge >= 0.3 is 0 Å². The van der Waals surface area contributed by atoms with Gasteiger partial charge in [0.2, 0.25) is 0 Å². The summed E-state index contributed by atoms with van der Waals surface area (Å²) in [6, 6.07) is 8.74. The van der Waals surface area contributed by atoms with Gasteiger partial charge in [-0.2, -0.15) is 0 Å². The van der Waals surface area contributed by atoms with Crippen LogP contribution >= 0.6 is 15.9 Å². The van der Waals surface area contributed by atoms with E-state index in [1.54, 1.807) is 0 Å². The molecule has 0 spiro atoms. The molecule has 4 heteroatoms. The minimum Gasteiger partial charge on any atom is -0.388 e. The molecule has 0 amide bonds. The smallest absolute Gasteiger partial charge is 0.0813 e. The van der Waals surface area contributed by atoms with E-state index in [4.69, 9.17) is 0 Å². The van der Waals surface area contributed by atoms with Crippen LogP contribution < -0.4 is 0 Å². The number of hydrogen-bond acceptors (Lipinski definition) is 3. The Morgan fingerprint density at radius 3 is 2.71 bits per heavy atom. The third kappa shape index (κ3) is 3.86. The maximum Gasteiger partial charge on any atom is 0.0813 e. The van der Waals surface area contributed by atoms with E-state index in [0.717, 1.165) is 29.0 Å². The summed E-state index contributed by atoms with van der Waals surface area (Å²) >= 11 is 3.52. The number of hydrogen-bond donors (Lipinski definition) is 1. The van der Waals surface area contributed by atoms with Crippen molar-refractivity contribution in [2.45, 2.75) is 37.8 Å². The first kappa shape index (κ1) is 15.5. The molecule has 2 fully saturated rings. The Kier molecular flexibility index (Phi) is 5.33. The molecule has 1 aromatic rings. The quantitative estimate of drug-likeness (QED) is 0.882. The van der Waals surface area contributed by atoms with Gasteiger partial charge in [-0.1, -0.05) is 34.1 Å². The molecule has 0 aliphatic carbocycles. The highest BCUT2D eigenvalue weighted by molar-refractivity contribution is 9.10. The lowest BCUT2D eigenvalue weighted by atomic mass is 10.1. The molecule has 2 unspecified atom stereocenters. The zero-order chi connectivity index (χ0) is 14.7. The molecule has 2 aliphatic heterocycles. The van der Waals surface area contributed by atoms with Crippen LogP contribution in [0.2, 0.25) is 0 Å². The van der Waals surface area contributed by atoms with Gasteiger partial charge in [-0.05, 0) is 56.9 Å². The van der Waals surface area contributed by atoms with Gasteiger partial charge in [0.15, 0.2) is 0 Å². The van der Waals surface area contributed by atoms with Gasteiger partial charge < -0.3 is 10.0 Å². The van der Waals surface area contributed by atoms with Gasteiger partial charge in [0.25, 0.3) is 0 Å². The zero-order valence-electron chi connectivity index (χ0n) is 12.5. The molecule has 2 saturated heterocycles. The SMILES string of the molecule is OC(CCN1CCC(N2CCCC2)C1)c1ccccc1Br. The molecule has 2 atom stereocenters. The fourth-order valence-corrected chi connectivity index (χ4v) is 4.17. The number of nitrogens with zero attached hydrogens (tertiary/aromatic N) is 2. The summed E-state index contributed by atoms with van der Waals surface area (Å²) in [5.74, 6) is 0. The number of likely N-dealkylation sites (tertiary alicyclic amines) is 2. The first-order valence-electron chi connectivity index (χ1n) is 8.13. The first-order chi connectivity index (χ1) is 10.2. The van der Waals surface area contributed by atoms with Crippen molar-refractivity contribution in [2.75, 3.05) is 32.7 Å². The van der Waals surface area contributed by atoms with Crippen LogP contribution in [0.25, 0.3) is 0 Å². The van der Waals surface area contributed by atoms with Crippen molar-refractivity contribution in [3.05, 3.63) is 34.3 Å². The van der Waals surface area contributed by atoms with E-state index < -0.39 is 0 Å².